The number of hydrogen-bond donors (Lipinski definition) is 0. The maximum atomic E-state index is 14.4. The Labute approximate surface area is 198 Å². The van der Waals surface area contributed by atoms with Crippen LogP contribution in [0.2, 0.25) is 0 Å². The van der Waals surface area contributed by atoms with Gasteiger partial charge in [-0.25, -0.2) is 24.4 Å². The van der Waals surface area contributed by atoms with Crippen LogP contribution in [0.15, 0.2) is 60.9 Å². The van der Waals surface area contributed by atoms with Crippen LogP contribution in [0.3, 0.4) is 0 Å². The molecule has 0 amide bonds. The summed E-state index contributed by atoms with van der Waals surface area (Å²) in [6.07, 6.45) is 12.6. The molecule has 0 fully saturated rings. The zero-order valence-electron chi connectivity index (χ0n) is 20.1. The van der Waals surface area contributed by atoms with Crippen molar-refractivity contribution in [3.05, 3.63) is 83.6 Å². The normalized spacial score (nSPS) is 12.4. The zero-order valence-corrected chi connectivity index (χ0v) is 21.0. The lowest BCUT2D eigenvalue weighted by Gasteiger charge is -2.24. The second kappa shape index (κ2) is 10.1. The summed E-state index contributed by atoms with van der Waals surface area (Å²) in [6, 6.07) is 17.9. The minimum Gasteiger partial charge on any atom is -0.325 e. The van der Waals surface area contributed by atoms with Crippen molar-refractivity contribution in [3.8, 4) is 11.3 Å². The van der Waals surface area contributed by atoms with E-state index in [0.717, 1.165) is 41.8 Å². The van der Waals surface area contributed by atoms with Crippen LogP contribution in [-0.2, 0) is 19.4 Å². The van der Waals surface area contributed by atoms with Gasteiger partial charge >= 0.3 is 0 Å². The van der Waals surface area contributed by atoms with Crippen LogP contribution in [0.4, 0.5) is 4.39 Å². The van der Waals surface area contributed by atoms with Crippen molar-refractivity contribution in [2.75, 3.05) is 24.5 Å². The van der Waals surface area contributed by atoms with Crippen LogP contribution in [0.25, 0.3) is 22.3 Å². The molecule has 0 radical (unpaired) electrons. The van der Waals surface area contributed by atoms with Gasteiger partial charge in [-0.1, -0.05) is 49.4 Å². The molecule has 0 atom stereocenters. The van der Waals surface area contributed by atoms with E-state index in [2.05, 4.69) is 70.6 Å². The highest BCUT2D eigenvalue weighted by atomic mass is 32.3. The van der Waals surface area contributed by atoms with Gasteiger partial charge in [0.2, 0.25) is 0 Å². The van der Waals surface area contributed by atoms with E-state index in [1.807, 2.05) is 12.1 Å². The minimum atomic E-state index is -0.493. The van der Waals surface area contributed by atoms with E-state index in [-0.39, 0.29) is 5.82 Å². The Balaban J connectivity index is 1.74. The Hall–Kier alpha value is -2.66. The van der Waals surface area contributed by atoms with Crippen molar-refractivity contribution in [2.24, 2.45) is 0 Å². The topological polar surface area (TPSA) is 30.7 Å². The van der Waals surface area contributed by atoms with Crippen molar-refractivity contribution < 1.29 is 4.39 Å². The predicted octanol–water partition coefficient (Wildman–Crippen LogP) is 6.86. The molecular formula is C28H34FN3S. The van der Waals surface area contributed by atoms with Gasteiger partial charge in [0.15, 0.2) is 0 Å². The van der Waals surface area contributed by atoms with E-state index in [0.29, 0.717) is 12.0 Å². The van der Waals surface area contributed by atoms with Crippen LogP contribution in [-0.4, -0.2) is 39.1 Å². The Morgan fingerprint density at radius 2 is 1.70 bits per heavy atom. The second-order valence-corrected chi connectivity index (χ2v) is 14.1. The molecule has 174 valence electrons. The highest BCUT2D eigenvalue weighted by Crippen LogP contribution is 2.36. The van der Waals surface area contributed by atoms with E-state index in [1.54, 1.807) is 12.4 Å². The van der Waals surface area contributed by atoms with Crippen LogP contribution in [0.1, 0.15) is 36.6 Å². The standard InChI is InChI=1S/C28H34FN3S/c1-5-21-12-14-22(15-13-21)27-19-24-26(18-23-10-6-7-11-25(23)29)30-20-31-28(24)32(27)16-8-9-17-33(2,3)4/h6-7,10-15,19-20H,5,8-9,16-18H2,1-4H3. The number of nitrogens with zero attached hydrogens (tertiary/aromatic N) is 3. The summed E-state index contributed by atoms with van der Waals surface area (Å²) >= 11 is 0. The molecule has 0 N–H and O–H groups in total. The van der Waals surface area contributed by atoms with Gasteiger partial charge in [-0.15, -0.1) is 0 Å². The molecule has 0 aliphatic heterocycles. The Bertz CT molecular complexity index is 1220. The largest absolute Gasteiger partial charge is 0.325 e. The van der Waals surface area contributed by atoms with Gasteiger partial charge in [0.05, 0.1) is 11.4 Å². The van der Waals surface area contributed by atoms with Gasteiger partial charge < -0.3 is 4.57 Å². The molecule has 2 aromatic carbocycles. The van der Waals surface area contributed by atoms with E-state index < -0.39 is 10.0 Å². The monoisotopic (exact) mass is 463 g/mol. The molecule has 0 saturated heterocycles. The fourth-order valence-electron chi connectivity index (χ4n) is 4.26. The lowest BCUT2D eigenvalue weighted by atomic mass is 10.1. The van der Waals surface area contributed by atoms with E-state index in [9.17, 15) is 4.39 Å². The summed E-state index contributed by atoms with van der Waals surface area (Å²) in [4.78, 5) is 9.24. The van der Waals surface area contributed by atoms with Gasteiger partial charge in [-0.05, 0) is 72.6 Å². The fraction of sp³-hybridized carbons (Fsp3) is 0.357. The molecule has 33 heavy (non-hydrogen) atoms. The number of aryl methyl sites for hydroxylation is 2. The SMILES string of the molecule is CCc1ccc(-c2cc3c(Cc4ccccc4F)ncnc3n2CCCCS(C)(C)C)cc1. The number of fused-ring (bicyclic) bond motifs is 1. The number of hydrogen-bond acceptors (Lipinski definition) is 2. The fourth-order valence-corrected chi connectivity index (χ4v) is 5.33. The van der Waals surface area contributed by atoms with Crippen LogP contribution < -0.4 is 0 Å². The molecule has 4 rings (SSSR count). The van der Waals surface area contributed by atoms with Gasteiger partial charge in [0, 0.05) is 18.4 Å². The molecule has 0 aliphatic carbocycles. The molecule has 2 heterocycles. The summed E-state index contributed by atoms with van der Waals surface area (Å²) < 4.78 is 16.7. The summed E-state index contributed by atoms with van der Waals surface area (Å²) in [5.74, 6) is 1.09. The molecule has 2 aromatic heterocycles. The lowest BCUT2D eigenvalue weighted by molar-refractivity contribution is 0.613. The van der Waals surface area contributed by atoms with Crippen LogP contribution >= 0.6 is 10.0 Å². The molecule has 0 aliphatic rings. The number of unbranched alkanes of at least 4 members (excludes halogenated alkanes) is 1. The van der Waals surface area contributed by atoms with E-state index in [4.69, 9.17) is 0 Å². The highest BCUT2D eigenvalue weighted by molar-refractivity contribution is 8.32. The molecule has 0 bridgehead atoms. The molecule has 3 nitrogen and oxygen atoms in total. The molecule has 0 spiro atoms. The molecule has 4 aromatic rings. The molecular weight excluding hydrogens is 429 g/mol. The maximum Gasteiger partial charge on any atom is 0.144 e. The van der Waals surface area contributed by atoms with Gasteiger partial charge in [0.25, 0.3) is 0 Å². The summed E-state index contributed by atoms with van der Waals surface area (Å²) in [5.41, 5.74) is 6.14. The first-order chi connectivity index (χ1) is 15.9. The Morgan fingerprint density at radius 3 is 2.39 bits per heavy atom. The van der Waals surface area contributed by atoms with E-state index >= 15 is 0 Å². The summed E-state index contributed by atoms with van der Waals surface area (Å²) in [7, 11) is -0.493. The number of halogens is 1. The van der Waals surface area contributed by atoms with Gasteiger partial charge in [0.1, 0.15) is 17.8 Å². The van der Waals surface area contributed by atoms with Crippen LogP contribution in [0.5, 0.6) is 0 Å². The molecule has 0 unspecified atom stereocenters. The maximum absolute atomic E-state index is 14.4. The molecule has 5 heteroatoms. The first-order valence-corrected chi connectivity index (χ1v) is 14.7. The third-order valence-corrected chi connectivity index (χ3v) is 7.65. The third kappa shape index (κ3) is 5.64. The van der Waals surface area contributed by atoms with Crippen molar-refractivity contribution >= 4 is 21.1 Å². The number of benzene rings is 2. The average Bonchev–Trinajstić information content (AvgIpc) is 3.17. The van der Waals surface area contributed by atoms with E-state index in [1.165, 1.54) is 29.4 Å². The summed E-state index contributed by atoms with van der Waals surface area (Å²) in [6.45, 7) is 3.09. The van der Waals surface area contributed by atoms with Crippen molar-refractivity contribution in [2.45, 2.75) is 39.2 Å². The second-order valence-electron chi connectivity index (χ2n) is 9.56. The quantitative estimate of drug-likeness (QED) is 0.254. The zero-order chi connectivity index (χ0) is 23.4. The third-order valence-electron chi connectivity index (χ3n) is 6.14. The number of aromatic nitrogens is 3. The predicted molar refractivity (Wildman–Crippen MR) is 141 cm³/mol. The Kier molecular flexibility index (Phi) is 7.18. The van der Waals surface area contributed by atoms with Crippen molar-refractivity contribution in [3.63, 3.8) is 0 Å². The Morgan fingerprint density at radius 1 is 0.939 bits per heavy atom. The first kappa shape index (κ1) is 23.5. The smallest absolute Gasteiger partial charge is 0.144 e. The van der Waals surface area contributed by atoms with Crippen molar-refractivity contribution in [1.29, 1.82) is 0 Å². The summed E-state index contributed by atoms with van der Waals surface area (Å²) in [5, 5.41) is 1.01. The average molecular weight is 464 g/mol. The minimum absolute atomic E-state index is 0.191. The highest BCUT2D eigenvalue weighted by Gasteiger charge is 2.17. The van der Waals surface area contributed by atoms with Gasteiger partial charge in [-0.2, -0.15) is 0 Å². The van der Waals surface area contributed by atoms with Crippen molar-refractivity contribution in [1.82, 2.24) is 14.5 Å². The number of rotatable bonds is 9. The van der Waals surface area contributed by atoms with Crippen LogP contribution in [0, 0.1) is 5.82 Å². The lowest BCUT2D eigenvalue weighted by Crippen LogP contribution is -2.05. The molecule has 0 saturated carbocycles. The van der Waals surface area contributed by atoms with Gasteiger partial charge in [-0.3, -0.25) is 0 Å². The first-order valence-electron chi connectivity index (χ1n) is 11.7.